The third-order valence-corrected chi connectivity index (χ3v) is 3.13. The van der Waals surface area contributed by atoms with Gasteiger partial charge in [0, 0.05) is 6.54 Å². The number of nitrogens with zero attached hydrogens (tertiary/aromatic N) is 1. The summed E-state index contributed by atoms with van der Waals surface area (Å²) in [5.41, 5.74) is 1.84. The highest BCUT2D eigenvalue weighted by Crippen LogP contribution is 2.24. The Kier molecular flexibility index (Phi) is 4.33. The minimum atomic E-state index is -0.464. The molecule has 0 spiro atoms. The number of benzene rings is 1. The Morgan fingerprint density at radius 3 is 2.80 bits per heavy atom. The van der Waals surface area contributed by atoms with Crippen LogP contribution in [0.3, 0.4) is 0 Å². The summed E-state index contributed by atoms with van der Waals surface area (Å²) >= 11 is 0. The number of morpholine rings is 1. The third kappa shape index (κ3) is 3.97. The quantitative estimate of drug-likeness (QED) is 0.790. The van der Waals surface area contributed by atoms with E-state index in [0.29, 0.717) is 19.7 Å². The number of ether oxygens (including phenoxy) is 2. The van der Waals surface area contributed by atoms with E-state index in [-0.39, 0.29) is 12.2 Å². The van der Waals surface area contributed by atoms with Crippen molar-refractivity contribution in [2.24, 2.45) is 0 Å². The lowest BCUT2D eigenvalue weighted by molar-refractivity contribution is -0.0433. The van der Waals surface area contributed by atoms with E-state index < -0.39 is 5.60 Å². The molecule has 2 rings (SSSR count). The summed E-state index contributed by atoms with van der Waals surface area (Å²) in [5.74, 6) is 0. The van der Waals surface area contributed by atoms with Crippen molar-refractivity contribution in [2.75, 3.05) is 19.7 Å². The lowest BCUT2D eigenvalue weighted by Crippen LogP contribution is -2.44. The fourth-order valence-corrected chi connectivity index (χ4v) is 2.21. The average Bonchev–Trinajstić information content (AvgIpc) is 2.37. The van der Waals surface area contributed by atoms with Gasteiger partial charge in [0.15, 0.2) is 0 Å². The minimum Gasteiger partial charge on any atom is -0.444 e. The van der Waals surface area contributed by atoms with Gasteiger partial charge in [0.1, 0.15) is 11.7 Å². The Morgan fingerprint density at radius 1 is 1.40 bits per heavy atom. The van der Waals surface area contributed by atoms with Crippen molar-refractivity contribution in [2.45, 2.75) is 39.4 Å². The van der Waals surface area contributed by atoms with Gasteiger partial charge in [-0.2, -0.15) is 0 Å². The van der Waals surface area contributed by atoms with Crippen molar-refractivity contribution in [3.05, 3.63) is 35.4 Å². The molecule has 0 N–H and O–H groups in total. The predicted octanol–water partition coefficient (Wildman–Crippen LogP) is 3.30. The van der Waals surface area contributed by atoms with Gasteiger partial charge in [-0.05, 0) is 33.3 Å². The smallest absolute Gasteiger partial charge is 0.410 e. The number of amides is 1. The molecule has 20 heavy (non-hydrogen) atoms. The molecular weight excluding hydrogens is 254 g/mol. The number of rotatable bonds is 1. The van der Waals surface area contributed by atoms with Gasteiger partial charge in [-0.25, -0.2) is 4.79 Å². The molecule has 1 aliphatic heterocycles. The molecule has 110 valence electrons. The van der Waals surface area contributed by atoms with Crippen LogP contribution in [0.1, 0.15) is 38.0 Å². The summed E-state index contributed by atoms with van der Waals surface area (Å²) in [7, 11) is 0. The zero-order chi connectivity index (χ0) is 14.8. The van der Waals surface area contributed by atoms with Crippen LogP contribution in [0, 0.1) is 6.92 Å². The van der Waals surface area contributed by atoms with E-state index in [1.807, 2.05) is 32.9 Å². The first-order valence-corrected chi connectivity index (χ1v) is 7.01. The Labute approximate surface area is 120 Å². The first kappa shape index (κ1) is 14.9. The normalized spacial score (nSPS) is 19.8. The molecule has 1 aliphatic rings. The molecule has 0 radical (unpaired) electrons. The van der Waals surface area contributed by atoms with Crippen LogP contribution in [0.5, 0.6) is 0 Å². The van der Waals surface area contributed by atoms with E-state index in [4.69, 9.17) is 9.47 Å². The van der Waals surface area contributed by atoms with Gasteiger partial charge in [0.05, 0.1) is 13.2 Å². The van der Waals surface area contributed by atoms with E-state index >= 15 is 0 Å². The maximum atomic E-state index is 12.1. The van der Waals surface area contributed by atoms with E-state index in [1.165, 1.54) is 5.56 Å². The van der Waals surface area contributed by atoms with Crippen LogP contribution < -0.4 is 0 Å². The molecule has 1 fully saturated rings. The first-order valence-electron chi connectivity index (χ1n) is 7.01. The van der Waals surface area contributed by atoms with Crippen molar-refractivity contribution in [1.82, 2.24) is 4.90 Å². The number of carbonyl (C=O) groups is 1. The van der Waals surface area contributed by atoms with Crippen molar-refractivity contribution in [3.8, 4) is 0 Å². The summed E-state index contributed by atoms with van der Waals surface area (Å²) < 4.78 is 11.2. The molecular formula is C16H23NO3. The molecule has 4 heteroatoms. The molecule has 1 amide bonds. The van der Waals surface area contributed by atoms with Crippen LogP contribution in [0.4, 0.5) is 4.79 Å². The molecule has 1 saturated heterocycles. The lowest BCUT2D eigenvalue weighted by atomic mass is 10.1. The summed E-state index contributed by atoms with van der Waals surface area (Å²) in [6.07, 6.45) is -0.338. The standard InChI is InChI=1S/C16H23NO3/c1-12-6-5-7-13(10-12)14-11-17(8-9-19-14)15(18)20-16(2,3)4/h5-7,10,14H,8-9,11H2,1-4H3/t14-/m1/s1. The Hall–Kier alpha value is -1.55. The van der Waals surface area contributed by atoms with Gasteiger partial charge < -0.3 is 14.4 Å². The van der Waals surface area contributed by atoms with E-state index in [0.717, 1.165) is 5.56 Å². The Balaban J connectivity index is 2.03. The van der Waals surface area contributed by atoms with Crippen LogP contribution in [0.2, 0.25) is 0 Å². The van der Waals surface area contributed by atoms with Gasteiger partial charge in [0.25, 0.3) is 0 Å². The minimum absolute atomic E-state index is 0.0730. The third-order valence-electron chi connectivity index (χ3n) is 3.13. The Bertz CT molecular complexity index is 479. The van der Waals surface area contributed by atoms with Crippen molar-refractivity contribution in [1.29, 1.82) is 0 Å². The second kappa shape index (κ2) is 5.83. The van der Waals surface area contributed by atoms with E-state index in [9.17, 15) is 4.79 Å². The van der Waals surface area contributed by atoms with Gasteiger partial charge >= 0.3 is 6.09 Å². The van der Waals surface area contributed by atoms with Gasteiger partial charge in [-0.3, -0.25) is 0 Å². The fraction of sp³-hybridized carbons (Fsp3) is 0.562. The highest BCUT2D eigenvalue weighted by Gasteiger charge is 2.28. The summed E-state index contributed by atoms with van der Waals surface area (Å²) in [5, 5.41) is 0. The van der Waals surface area contributed by atoms with Crippen LogP contribution in [-0.4, -0.2) is 36.3 Å². The second-order valence-electron chi connectivity index (χ2n) is 6.20. The van der Waals surface area contributed by atoms with Crippen molar-refractivity contribution >= 4 is 6.09 Å². The number of hydrogen-bond donors (Lipinski definition) is 0. The molecule has 0 saturated carbocycles. The maximum absolute atomic E-state index is 12.1. The van der Waals surface area contributed by atoms with Crippen molar-refractivity contribution in [3.63, 3.8) is 0 Å². The average molecular weight is 277 g/mol. The highest BCUT2D eigenvalue weighted by molar-refractivity contribution is 5.68. The molecule has 0 aromatic heterocycles. The molecule has 0 bridgehead atoms. The van der Waals surface area contributed by atoms with Crippen LogP contribution in [0.25, 0.3) is 0 Å². The van der Waals surface area contributed by atoms with Gasteiger partial charge in [-0.15, -0.1) is 0 Å². The maximum Gasteiger partial charge on any atom is 0.410 e. The molecule has 1 aromatic rings. The first-order chi connectivity index (χ1) is 9.35. The molecule has 4 nitrogen and oxygen atoms in total. The monoisotopic (exact) mass is 277 g/mol. The number of hydrogen-bond acceptors (Lipinski definition) is 3. The molecule has 0 unspecified atom stereocenters. The zero-order valence-corrected chi connectivity index (χ0v) is 12.7. The number of carbonyl (C=O) groups excluding carboxylic acids is 1. The SMILES string of the molecule is Cc1cccc([C@H]2CN(C(=O)OC(C)(C)C)CCO2)c1. The van der Waals surface area contributed by atoms with Crippen LogP contribution in [-0.2, 0) is 9.47 Å². The van der Waals surface area contributed by atoms with E-state index in [1.54, 1.807) is 4.90 Å². The molecule has 1 atom stereocenters. The lowest BCUT2D eigenvalue weighted by Gasteiger charge is -2.34. The highest BCUT2D eigenvalue weighted by atomic mass is 16.6. The number of aryl methyl sites for hydroxylation is 1. The zero-order valence-electron chi connectivity index (χ0n) is 12.7. The largest absolute Gasteiger partial charge is 0.444 e. The second-order valence-corrected chi connectivity index (χ2v) is 6.20. The fourth-order valence-electron chi connectivity index (χ4n) is 2.21. The predicted molar refractivity (Wildman–Crippen MR) is 77.7 cm³/mol. The van der Waals surface area contributed by atoms with Crippen LogP contribution in [0.15, 0.2) is 24.3 Å². The van der Waals surface area contributed by atoms with E-state index in [2.05, 4.69) is 19.1 Å². The van der Waals surface area contributed by atoms with Gasteiger partial charge in [0.2, 0.25) is 0 Å². The van der Waals surface area contributed by atoms with Crippen LogP contribution >= 0.6 is 0 Å². The Morgan fingerprint density at radius 2 is 2.15 bits per heavy atom. The summed E-state index contributed by atoms with van der Waals surface area (Å²) in [6, 6.07) is 8.21. The summed E-state index contributed by atoms with van der Waals surface area (Å²) in [4.78, 5) is 13.8. The molecule has 1 heterocycles. The molecule has 0 aliphatic carbocycles. The van der Waals surface area contributed by atoms with Gasteiger partial charge in [-0.1, -0.05) is 29.8 Å². The van der Waals surface area contributed by atoms with Crippen molar-refractivity contribution < 1.29 is 14.3 Å². The topological polar surface area (TPSA) is 38.8 Å². The molecule has 1 aromatic carbocycles. The summed E-state index contributed by atoms with van der Waals surface area (Å²) in [6.45, 7) is 9.35.